The van der Waals surface area contributed by atoms with Crippen LogP contribution in [0.2, 0.25) is 0 Å². The van der Waals surface area contributed by atoms with E-state index in [-0.39, 0.29) is 6.42 Å². The maximum atomic E-state index is 13.8. The molecule has 2 heterocycles. The SMILES string of the molecule is COc1ccc(C2=CO[C@]3(C)OC(=O)C[C@]3(c3ccc(OC)cc3)N2C(=O)OC(C)(C)C)cc1. The lowest BCUT2D eigenvalue weighted by atomic mass is 9.78. The number of benzene rings is 2. The van der Waals surface area contributed by atoms with Crippen molar-refractivity contribution in [3.8, 4) is 11.5 Å². The molecule has 1 fully saturated rings. The summed E-state index contributed by atoms with van der Waals surface area (Å²) in [5, 5.41) is 0. The number of methoxy groups -OCH3 is 2. The summed E-state index contributed by atoms with van der Waals surface area (Å²) < 4.78 is 28.2. The molecule has 2 aromatic carbocycles. The van der Waals surface area contributed by atoms with E-state index in [1.807, 2.05) is 12.1 Å². The predicted molar refractivity (Wildman–Crippen MR) is 124 cm³/mol. The van der Waals surface area contributed by atoms with Crippen molar-refractivity contribution in [2.75, 3.05) is 14.2 Å². The number of esters is 1. The van der Waals surface area contributed by atoms with Gasteiger partial charge in [0.05, 0.1) is 26.3 Å². The van der Waals surface area contributed by atoms with Crippen LogP contribution in [0.25, 0.3) is 5.70 Å². The topological polar surface area (TPSA) is 83.5 Å². The monoisotopic (exact) mass is 467 g/mol. The minimum atomic E-state index is -1.48. The van der Waals surface area contributed by atoms with E-state index in [1.54, 1.807) is 78.3 Å². The molecule has 0 aliphatic carbocycles. The summed E-state index contributed by atoms with van der Waals surface area (Å²) in [6.45, 7) is 7.02. The maximum Gasteiger partial charge on any atom is 0.416 e. The molecule has 180 valence electrons. The van der Waals surface area contributed by atoms with E-state index >= 15 is 0 Å². The molecule has 0 radical (unpaired) electrons. The second-order valence-corrected chi connectivity index (χ2v) is 9.35. The van der Waals surface area contributed by atoms with E-state index in [4.69, 9.17) is 23.7 Å². The standard InChI is InChI=1S/C26H29NO7/c1-24(2,3)34-23(29)27-21(17-7-11-19(30-5)12-8-17)16-32-25(4)26(27,15-22(28)33-25)18-9-13-20(31-6)14-10-18/h7-14,16H,15H2,1-6H3/t25-,26-/m1/s1. The van der Waals surface area contributed by atoms with Crippen molar-refractivity contribution in [2.45, 2.75) is 51.0 Å². The number of rotatable bonds is 4. The highest BCUT2D eigenvalue weighted by molar-refractivity contribution is 5.87. The molecule has 1 amide bonds. The van der Waals surface area contributed by atoms with Gasteiger partial charge < -0.3 is 23.7 Å². The zero-order chi connectivity index (χ0) is 24.7. The van der Waals surface area contributed by atoms with E-state index in [0.717, 1.165) is 0 Å². The quantitative estimate of drug-likeness (QED) is 0.596. The van der Waals surface area contributed by atoms with Crippen molar-refractivity contribution >= 4 is 17.8 Å². The molecule has 2 atom stereocenters. The Morgan fingerprint density at radius 2 is 1.53 bits per heavy atom. The number of carbonyl (C=O) groups is 2. The third-order valence-electron chi connectivity index (χ3n) is 6.01. The normalized spacial score (nSPS) is 23.9. The molecule has 8 heteroatoms. The summed E-state index contributed by atoms with van der Waals surface area (Å²) in [7, 11) is 3.15. The van der Waals surface area contributed by atoms with Crippen LogP contribution in [0, 0.1) is 0 Å². The molecule has 0 aromatic heterocycles. The van der Waals surface area contributed by atoms with E-state index < -0.39 is 29.0 Å². The van der Waals surface area contributed by atoms with Crippen LogP contribution >= 0.6 is 0 Å². The molecular weight excluding hydrogens is 438 g/mol. The highest BCUT2D eigenvalue weighted by atomic mass is 16.7. The number of fused-ring (bicyclic) bond motifs is 1. The Hall–Kier alpha value is -3.68. The molecule has 34 heavy (non-hydrogen) atoms. The molecule has 2 aromatic rings. The lowest BCUT2D eigenvalue weighted by Crippen LogP contribution is -2.62. The molecule has 0 spiro atoms. The molecule has 1 saturated heterocycles. The number of hydrogen-bond acceptors (Lipinski definition) is 7. The Bertz CT molecular complexity index is 1120. The average Bonchev–Trinajstić information content (AvgIpc) is 3.07. The van der Waals surface area contributed by atoms with E-state index in [2.05, 4.69) is 0 Å². The maximum absolute atomic E-state index is 13.8. The Kier molecular flexibility index (Phi) is 5.71. The van der Waals surface area contributed by atoms with Gasteiger partial charge in [0.2, 0.25) is 0 Å². The fraction of sp³-hybridized carbons (Fsp3) is 0.385. The average molecular weight is 468 g/mol. The van der Waals surface area contributed by atoms with Crippen LogP contribution in [-0.4, -0.2) is 42.6 Å². The van der Waals surface area contributed by atoms with Gasteiger partial charge in [-0.05, 0) is 62.7 Å². The first kappa shape index (κ1) is 23.5. The van der Waals surface area contributed by atoms with Gasteiger partial charge in [0.25, 0.3) is 5.79 Å². The zero-order valence-corrected chi connectivity index (χ0v) is 20.2. The van der Waals surface area contributed by atoms with Gasteiger partial charge in [-0.1, -0.05) is 12.1 Å². The molecule has 0 unspecified atom stereocenters. The van der Waals surface area contributed by atoms with Crippen LogP contribution in [0.3, 0.4) is 0 Å². The van der Waals surface area contributed by atoms with Gasteiger partial charge in [-0.15, -0.1) is 0 Å². The third-order valence-corrected chi connectivity index (χ3v) is 6.01. The molecule has 2 aliphatic rings. The fourth-order valence-electron chi connectivity index (χ4n) is 4.42. The largest absolute Gasteiger partial charge is 0.497 e. The minimum absolute atomic E-state index is 0.122. The van der Waals surface area contributed by atoms with Gasteiger partial charge >= 0.3 is 12.1 Å². The summed E-state index contributed by atoms with van der Waals surface area (Å²) in [5.41, 5.74) is -0.347. The molecule has 2 aliphatic heterocycles. The molecule has 4 rings (SSSR count). The summed E-state index contributed by atoms with van der Waals surface area (Å²) in [4.78, 5) is 28.0. The lowest BCUT2D eigenvalue weighted by Gasteiger charge is -2.50. The molecule has 0 N–H and O–H groups in total. The van der Waals surface area contributed by atoms with Gasteiger partial charge in [0.1, 0.15) is 23.4 Å². The Labute approximate surface area is 199 Å². The van der Waals surface area contributed by atoms with Gasteiger partial charge in [0.15, 0.2) is 5.54 Å². The van der Waals surface area contributed by atoms with E-state index in [0.29, 0.717) is 28.3 Å². The smallest absolute Gasteiger partial charge is 0.416 e. The molecular formula is C26H29NO7. The highest BCUT2D eigenvalue weighted by Gasteiger charge is 2.68. The van der Waals surface area contributed by atoms with Gasteiger partial charge in [-0.25, -0.2) is 4.79 Å². The number of amides is 1. The Morgan fingerprint density at radius 1 is 0.971 bits per heavy atom. The van der Waals surface area contributed by atoms with Gasteiger partial charge in [0, 0.05) is 12.5 Å². The molecule has 0 saturated carbocycles. The first-order valence-corrected chi connectivity index (χ1v) is 10.9. The minimum Gasteiger partial charge on any atom is -0.497 e. The van der Waals surface area contributed by atoms with Crippen LogP contribution in [0.1, 0.15) is 45.2 Å². The zero-order valence-electron chi connectivity index (χ0n) is 20.2. The number of carbonyl (C=O) groups excluding carboxylic acids is 2. The van der Waals surface area contributed by atoms with Crippen LogP contribution in [-0.2, 0) is 24.5 Å². The van der Waals surface area contributed by atoms with Crippen LogP contribution in [0.4, 0.5) is 4.79 Å². The van der Waals surface area contributed by atoms with Crippen LogP contribution in [0.5, 0.6) is 11.5 Å². The van der Waals surface area contributed by atoms with Crippen molar-refractivity contribution < 1.29 is 33.3 Å². The van der Waals surface area contributed by atoms with Crippen molar-refractivity contribution in [2.24, 2.45) is 0 Å². The second kappa shape index (κ2) is 8.27. The summed E-state index contributed by atoms with van der Waals surface area (Å²) in [6.07, 6.45) is 0.687. The number of ether oxygens (including phenoxy) is 5. The Balaban J connectivity index is 1.94. The molecule has 8 nitrogen and oxygen atoms in total. The van der Waals surface area contributed by atoms with Crippen molar-refractivity contribution in [3.63, 3.8) is 0 Å². The summed E-state index contributed by atoms with van der Waals surface area (Å²) in [6, 6.07) is 14.3. The predicted octanol–water partition coefficient (Wildman–Crippen LogP) is 4.83. The third kappa shape index (κ3) is 3.83. The number of nitrogens with zero attached hydrogens (tertiary/aromatic N) is 1. The Morgan fingerprint density at radius 3 is 2.06 bits per heavy atom. The van der Waals surface area contributed by atoms with Crippen molar-refractivity contribution in [1.82, 2.24) is 4.90 Å². The molecule has 0 bridgehead atoms. The lowest BCUT2D eigenvalue weighted by molar-refractivity contribution is -0.225. The fourth-order valence-corrected chi connectivity index (χ4v) is 4.42. The highest BCUT2D eigenvalue weighted by Crippen LogP contribution is 2.55. The van der Waals surface area contributed by atoms with Gasteiger partial charge in [-0.3, -0.25) is 9.69 Å². The van der Waals surface area contributed by atoms with Crippen LogP contribution in [0.15, 0.2) is 54.8 Å². The van der Waals surface area contributed by atoms with Crippen molar-refractivity contribution in [3.05, 3.63) is 65.9 Å². The van der Waals surface area contributed by atoms with E-state index in [1.165, 1.54) is 11.2 Å². The van der Waals surface area contributed by atoms with Crippen LogP contribution < -0.4 is 9.47 Å². The second-order valence-electron chi connectivity index (χ2n) is 9.35. The first-order valence-electron chi connectivity index (χ1n) is 10.9. The van der Waals surface area contributed by atoms with Gasteiger partial charge in [-0.2, -0.15) is 0 Å². The summed E-state index contributed by atoms with van der Waals surface area (Å²) >= 11 is 0. The first-order chi connectivity index (χ1) is 16.0. The van der Waals surface area contributed by atoms with Crippen molar-refractivity contribution in [1.29, 1.82) is 0 Å². The number of hydrogen-bond donors (Lipinski definition) is 0. The van der Waals surface area contributed by atoms with E-state index in [9.17, 15) is 9.59 Å². The summed E-state index contributed by atoms with van der Waals surface area (Å²) in [5.74, 6) is -0.667.